The van der Waals surface area contributed by atoms with Gasteiger partial charge < -0.3 is 9.64 Å². The topological polar surface area (TPSA) is 55.3 Å². The van der Waals surface area contributed by atoms with E-state index >= 15 is 0 Å². The molecule has 0 N–H and O–H groups in total. The molecule has 5 nitrogen and oxygen atoms in total. The Kier molecular flexibility index (Phi) is 4.05. The summed E-state index contributed by atoms with van der Waals surface area (Å²) in [6.07, 6.45) is 4.55. The summed E-state index contributed by atoms with van der Waals surface area (Å²) in [6.45, 7) is 5.15. The number of carbonyl (C=O) groups is 1. The lowest BCUT2D eigenvalue weighted by Gasteiger charge is -2.34. The molecule has 1 atom stereocenters. The number of hydrogen-bond acceptors (Lipinski definition) is 6. The van der Waals surface area contributed by atoms with Crippen molar-refractivity contribution >= 4 is 33.3 Å². The van der Waals surface area contributed by atoms with Gasteiger partial charge in [0.1, 0.15) is 12.4 Å². The minimum absolute atomic E-state index is 0.141. The largest absolute Gasteiger partial charge is 0.464 e. The van der Waals surface area contributed by atoms with Crippen molar-refractivity contribution < 1.29 is 9.53 Å². The molecule has 1 fully saturated rings. The fourth-order valence-corrected chi connectivity index (χ4v) is 3.84. The summed E-state index contributed by atoms with van der Waals surface area (Å²) < 4.78 is 6.29. The van der Waals surface area contributed by atoms with Crippen LogP contribution in [-0.2, 0) is 9.53 Å². The van der Waals surface area contributed by atoms with Gasteiger partial charge in [0.15, 0.2) is 5.82 Å². The smallest absolute Gasteiger partial charge is 0.328 e. The molecule has 3 heterocycles. The molecule has 0 spiro atoms. The number of aromatic nitrogens is 2. The SMILES string of the molecule is CCOC(=O)C1CCCCN1c1ncnc2c(C)csc12. The van der Waals surface area contributed by atoms with Crippen LogP contribution < -0.4 is 4.90 Å². The van der Waals surface area contributed by atoms with Crippen molar-refractivity contribution in [2.75, 3.05) is 18.1 Å². The van der Waals surface area contributed by atoms with Crippen LogP contribution >= 0.6 is 11.3 Å². The van der Waals surface area contributed by atoms with E-state index < -0.39 is 0 Å². The van der Waals surface area contributed by atoms with Crippen molar-refractivity contribution in [2.24, 2.45) is 0 Å². The molecule has 1 aliphatic rings. The zero-order valence-corrected chi connectivity index (χ0v) is 13.2. The molecule has 21 heavy (non-hydrogen) atoms. The number of hydrogen-bond donors (Lipinski definition) is 0. The van der Waals surface area contributed by atoms with E-state index in [1.165, 1.54) is 0 Å². The molecule has 0 amide bonds. The highest BCUT2D eigenvalue weighted by atomic mass is 32.1. The fraction of sp³-hybridized carbons (Fsp3) is 0.533. The van der Waals surface area contributed by atoms with Gasteiger partial charge in [-0.05, 0) is 44.1 Å². The third kappa shape index (κ3) is 2.60. The molecule has 0 aliphatic carbocycles. The number of fused-ring (bicyclic) bond motifs is 1. The van der Waals surface area contributed by atoms with Crippen LogP contribution in [0.25, 0.3) is 10.2 Å². The molecular formula is C15H19N3O2S. The Morgan fingerprint density at radius 1 is 1.48 bits per heavy atom. The summed E-state index contributed by atoms with van der Waals surface area (Å²) in [6, 6.07) is -0.223. The molecule has 0 bridgehead atoms. The van der Waals surface area contributed by atoms with E-state index in [0.717, 1.165) is 47.4 Å². The number of rotatable bonds is 3. The molecule has 2 aromatic heterocycles. The Bertz CT molecular complexity index is 655. The van der Waals surface area contributed by atoms with Crippen LogP contribution in [0.1, 0.15) is 31.7 Å². The zero-order chi connectivity index (χ0) is 14.8. The van der Waals surface area contributed by atoms with E-state index in [2.05, 4.69) is 27.2 Å². The summed E-state index contributed by atoms with van der Waals surface area (Å²) >= 11 is 1.64. The van der Waals surface area contributed by atoms with E-state index in [-0.39, 0.29) is 12.0 Å². The third-order valence-electron chi connectivity index (χ3n) is 3.85. The molecule has 1 aliphatic heterocycles. The number of piperidine rings is 1. The third-order valence-corrected chi connectivity index (χ3v) is 4.93. The number of nitrogens with zero attached hydrogens (tertiary/aromatic N) is 3. The number of carbonyl (C=O) groups excluding carboxylic acids is 1. The average molecular weight is 305 g/mol. The van der Waals surface area contributed by atoms with E-state index in [1.807, 2.05) is 6.92 Å². The first-order chi connectivity index (χ1) is 10.2. The van der Waals surface area contributed by atoms with Gasteiger partial charge in [-0.25, -0.2) is 14.8 Å². The van der Waals surface area contributed by atoms with Crippen LogP contribution in [0.15, 0.2) is 11.7 Å². The molecule has 1 saturated heterocycles. The predicted octanol–water partition coefficient (Wildman–Crippen LogP) is 2.92. The lowest BCUT2D eigenvalue weighted by atomic mass is 10.0. The van der Waals surface area contributed by atoms with Crippen LogP contribution in [0.3, 0.4) is 0 Å². The molecule has 0 saturated carbocycles. The minimum Gasteiger partial charge on any atom is -0.464 e. The maximum Gasteiger partial charge on any atom is 0.328 e. The Labute approximate surface area is 128 Å². The summed E-state index contributed by atoms with van der Waals surface area (Å²) in [5, 5.41) is 2.09. The first-order valence-corrected chi connectivity index (χ1v) is 8.22. The van der Waals surface area contributed by atoms with Crippen LogP contribution in [0.5, 0.6) is 0 Å². The number of ether oxygens (including phenoxy) is 1. The van der Waals surface area contributed by atoms with Gasteiger partial charge in [-0.3, -0.25) is 0 Å². The number of esters is 1. The van der Waals surface area contributed by atoms with E-state index in [0.29, 0.717) is 6.61 Å². The van der Waals surface area contributed by atoms with Crippen LogP contribution in [-0.4, -0.2) is 35.1 Å². The Hall–Kier alpha value is -1.69. The normalized spacial score (nSPS) is 19.0. The van der Waals surface area contributed by atoms with E-state index in [9.17, 15) is 4.79 Å². The quantitative estimate of drug-likeness (QED) is 0.816. The van der Waals surface area contributed by atoms with Crippen molar-refractivity contribution in [2.45, 2.75) is 39.2 Å². The number of anilines is 1. The van der Waals surface area contributed by atoms with Gasteiger partial charge in [-0.1, -0.05) is 0 Å². The van der Waals surface area contributed by atoms with Crippen molar-refractivity contribution in [1.29, 1.82) is 0 Å². The number of thiophene rings is 1. The summed E-state index contributed by atoms with van der Waals surface area (Å²) in [5.41, 5.74) is 2.14. The van der Waals surface area contributed by atoms with Gasteiger partial charge in [0.2, 0.25) is 0 Å². The zero-order valence-electron chi connectivity index (χ0n) is 12.3. The first kappa shape index (κ1) is 14.3. The molecule has 0 radical (unpaired) electrons. The van der Waals surface area contributed by atoms with Gasteiger partial charge in [0.25, 0.3) is 0 Å². The summed E-state index contributed by atoms with van der Waals surface area (Å²) in [4.78, 5) is 23.1. The summed E-state index contributed by atoms with van der Waals surface area (Å²) in [5.74, 6) is 0.730. The van der Waals surface area contributed by atoms with Crippen molar-refractivity contribution in [3.63, 3.8) is 0 Å². The molecule has 1 unspecified atom stereocenters. The second-order valence-corrected chi connectivity index (χ2v) is 6.13. The van der Waals surface area contributed by atoms with Crippen LogP contribution in [0, 0.1) is 6.92 Å². The van der Waals surface area contributed by atoms with Crippen LogP contribution in [0.2, 0.25) is 0 Å². The van der Waals surface area contributed by atoms with Crippen molar-refractivity contribution in [3.05, 3.63) is 17.3 Å². The maximum absolute atomic E-state index is 12.2. The van der Waals surface area contributed by atoms with Crippen molar-refractivity contribution in [1.82, 2.24) is 9.97 Å². The highest BCUT2D eigenvalue weighted by molar-refractivity contribution is 7.18. The lowest BCUT2D eigenvalue weighted by molar-refractivity contribution is -0.145. The molecule has 3 rings (SSSR count). The molecule has 0 aromatic carbocycles. The Morgan fingerprint density at radius 2 is 2.33 bits per heavy atom. The van der Waals surface area contributed by atoms with Crippen molar-refractivity contribution in [3.8, 4) is 0 Å². The minimum atomic E-state index is -0.223. The second kappa shape index (κ2) is 5.97. The van der Waals surface area contributed by atoms with Crippen LogP contribution in [0.4, 0.5) is 5.82 Å². The molecule has 6 heteroatoms. The van der Waals surface area contributed by atoms with E-state index in [1.54, 1.807) is 17.7 Å². The second-order valence-electron chi connectivity index (χ2n) is 5.25. The Morgan fingerprint density at radius 3 is 3.14 bits per heavy atom. The fourth-order valence-electron chi connectivity index (χ4n) is 2.83. The average Bonchev–Trinajstić information content (AvgIpc) is 2.89. The monoisotopic (exact) mass is 305 g/mol. The highest BCUT2D eigenvalue weighted by Crippen LogP contribution is 2.34. The lowest BCUT2D eigenvalue weighted by Crippen LogP contribution is -2.46. The van der Waals surface area contributed by atoms with Gasteiger partial charge in [-0.2, -0.15) is 0 Å². The summed E-state index contributed by atoms with van der Waals surface area (Å²) in [7, 11) is 0. The van der Waals surface area contributed by atoms with Gasteiger partial charge in [-0.15, -0.1) is 11.3 Å². The van der Waals surface area contributed by atoms with Gasteiger partial charge >= 0.3 is 5.97 Å². The van der Waals surface area contributed by atoms with E-state index in [4.69, 9.17) is 4.74 Å². The van der Waals surface area contributed by atoms with Gasteiger partial charge in [0, 0.05) is 6.54 Å². The molecular weight excluding hydrogens is 286 g/mol. The Balaban J connectivity index is 2.00. The standard InChI is InChI=1S/C15H19N3O2S/c1-3-20-15(19)11-6-4-5-7-18(11)14-13-12(16-9-17-14)10(2)8-21-13/h8-9,11H,3-7H2,1-2H3. The highest BCUT2D eigenvalue weighted by Gasteiger charge is 2.32. The predicted molar refractivity (Wildman–Crippen MR) is 83.8 cm³/mol. The number of aryl methyl sites for hydroxylation is 1. The molecule has 112 valence electrons. The maximum atomic E-state index is 12.2. The van der Waals surface area contributed by atoms with Gasteiger partial charge in [0.05, 0.1) is 16.8 Å². The molecule has 2 aromatic rings. The first-order valence-electron chi connectivity index (χ1n) is 7.34.